The summed E-state index contributed by atoms with van der Waals surface area (Å²) in [6, 6.07) is 13.7. The summed E-state index contributed by atoms with van der Waals surface area (Å²) in [4.78, 5) is 0. The maximum absolute atomic E-state index is 16.0. The minimum absolute atomic E-state index is 0.0552. The number of nitriles is 1. The molecule has 0 aliphatic rings. The Bertz CT molecular complexity index is 5140. The van der Waals surface area contributed by atoms with E-state index in [1.165, 1.54) is 0 Å². The Morgan fingerprint density at radius 1 is 0.212 bits per heavy atom. The second-order valence-corrected chi connectivity index (χ2v) is 23.5. The summed E-state index contributed by atoms with van der Waals surface area (Å²) in [5.74, 6) is 0. The molecule has 12 rings (SSSR count). The van der Waals surface area contributed by atoms with Crippen molar-refractivity contribution < 1.29 is 132 Å². The first-order valence-corrected chi connectivity index (χ1v) is 29.0. The molecule has 12 aromatic rings. The zero-order valence-corrected chi connectivity index (χ0v) is 50.4. The van der Waals surface area contributed by atoms with Crippen LogP contribution in [0.2, 0.25) is 0 Å². The molecule has 0 aliphatic carbocycles. The number of rotatable bonds is 7. The van der Waals surface area contributed by atoms with Gasteiger partial charge in [-0.25, -0.2) is 0 Å². The zero-order valence-electron chi connectivity index (χ0n) is 50.4. The van der Waals surface area contributed by atoms with Crippen molar-refractivity contribution in [2.75, 3.05) is 0 Å². The molecule has 0 aliphatic heterocycles. The van der Waals surface area contributed by atoms with Gasteiger partial charge in [0.25, 0.3) is 0 Å². The predicted molar refractivity (Wildman–Crippen MR) is 317 cm³/mol. The minimum Gasteiger partial charge on any atom is -0.309 e. The first-order valence-electron chi connectivity index (χ1n) is 29.0. The van der Waals surface area contributed by atoms with Gasteiger partial charge < -0.3 is 9.13 Å². The van der Waals surface area contributed by atoms with Gasteiger partial charge in [-0.2, -0.15) is 137 Å². The molecule has 2 heterocycles. The lowest BCUT2D eigenvalue weighted by Gasteiger charge is -2.22. The number of fused-ring (bicyclic) bond motifs is 6. The summed E-state index contributed by atoms with van der Waals surface area (Å²) < 4.78 is 440. The van der Waals surface area contributed by atoms with Crippen LogP contribution >= 0.6 is 0 Å². The van der Waals surface area contributed by atoms with Gasteiger partial charge in [-0.15, -0.1) is 0 Å². The molecule has 2 aromatic heterocycles. The molecule has 538 valence electrons. The molecule has 0 unspecified atom stereocenters. The fraction of sp³-hybridized carbons (Fsp3) is 0.141. The summed E-state index contributed by atoms with van der Waals surface area (Å²) in [6.07, 6.45) is -56.0. The fourth-order valence-corrected chi connectivity index (χ4v) is 12.2. The minimum atomic E-state index is -5.99. The van der Waals surface area contributed by atoms with Crippen molar-refractivity contribution in [3.63, 3.8) is 0 Å². The fourth-order valence-electron chi connectivity index (χ4n) is 12.2. The van der Waals surface area contributed by atoms with Crippen LogP contribution in [0.25, 0.3) is 111 Å². The number of nitrogens with zero attached hydrogens (tertiary/aromatic N) is 3. The van der Waals surface area contributed by atoms with Gasteiger partial charge in [0, 0.05) is 27.1 Å². The Morgan fingerprint density at radius 3 is 0.692 bits per heavy atom. The Morgan fingerprint density at radius 2 is 0.462 bits per heavy atom. The molecule has 10 aromatic carbocycles. The molecule has 104 heavy (non-hydrogen) atoms. The van der Waals surface area contributed by atoms with Crippen LogP contribution in [0.1, 0.15) is 61.2 Å². The monoisotopic (exact) mass is 1490 g/mol. The summed E-state index contributed by atoms with van der Waals surface area (Å²) in [6.45, 7) is 0. The molecule has 0 radical (unpaired) electrons. The Labute approximate surface area is 560 Å². The maximum Gasteiger partial charge on any atom is 0.417 e. The maximum atomic E-state index is 16.0. The van der Waals surface area contributed by atoms with Gasteiger partial charge in [0.05, 0.1) is 94.6 Å². The van der Waals surface area contributed by atoms with E-state index in [-0.39, 0.29) is 106 Å². The highest BCUT2D eigenvalue weighted by Crippen LogP contribution is 2.51. The first kappa shape index (κ1) is 73.0. The molecule has 0 saturated heterocycles. The van der Waals surface area contributed by atoms with Crippen LogP contribution in [0.5, 0.6) is 0 Å². The van der Waals surface area contributed by atoms with Crippen LogP contribution in [0.3, 0.4) is 0 Å². The smallest absolute Gasteiger partial charge is 0.309 e. The lowest BCUT2D eigenvalue weighted by Crippen LogP contribution is -2.13. The van der Waals surface area contributed by atoms with E-state index in [0.717, 1.165) is 77.4 Å². The van der Waals surface area contributed by atoms with Crippen molar-refractivity contribution in [2.45, 2.75) is 61.8 Å². The van der Waals surface area contributed by atoms with Crippen LogP contribution in [-0.2, 0) is 61.8 Å². The van der Waals surface area contributed by atoms with Crippen LogP contribution in [0.15, 0.2) is 176 Å². The molecule has 0 saturated carbocycles. The standard InChI is InChI=1S/C71H29F30N3/c72-62(73,74)40-5-10-49(55(28-40)71(99,100)101)54-29-56(103-57-19-31(35-11-41(63(75,76)77)24-42(12-35)64(78,79)80)1-6-50(57)51-7-2-32(20-58(51)103)36-13-43(65(81,82)83)25-44(14-36)66(84,85)86)39(30-102)23-61(54)104-59-21-33(37-15-45(67(87,88)89)26-46(16-37)68(90,91)92)3-8-52(59)53-9-4-34(22-60(53)104)38-17-47(69(93,94)95)27-48(18-38)70(96,97)98/h1-29H. The number of hydrogen-bond donors (Lipinski definition) is 0. The average Bonchev–Trinajstić information content (AvgIpc) is 1.50. The third kappa shape index (κ3) is 13.8. The van der Waals surface area contributed by atoms with Gasteiger partial charge in [-0.3, -0.25) is 0 Å². The number of hydrogen-bond acceptors (Lipinski definition) is 1. The Hall–Kier alpha value is -10.8. The molecule has 0 N–H and O–H groups in total. The quantitative estimate of drug-likeness (QED) is 0.146. The highest BCUT2D eigenvalue weighted by Gasteiger charge is 2.44. The molecule has 0 atom stereocenters. The van der Waals surface area contributed by atoms with Crippen molar-refractivity contribution in [1.82, 2.24) is 9.13 Å². The third-order valence-corrected chi connectivity index (χ3v) is 16.9. The van der Waals surface area contributed by atoms with Gasteiger partial charge in [-0.05, 0) is 171 Å². The molecule has 3 nitrogen and oxygen atoms in total. The number of alkyl halides is 30. The van der Waals surface area contributed by atoms with Gasteiger partial charge in [0.1, 0.15) is 6.07 Å². The second kappa shape index (κ2) is 24.1. The summed E-state index contributed by atoms with van der Waals surface area (Å²) in [5, 5.41) is 10.3. The molecule has 33 heteroatoms. The van der Waals surface area contributed by atoms with Crippen LogP contribution in [0.4, 0.5) is 132 Å². The topological polar surface area (TPSA) is 33.6 Å². The van der Waals surface area contributed by atoms with Crippen LogP contribution < -0.4 is 0 Å². The van der Waals surface area contributed by atoms with Crippen LogP contribution in [0, 0.1) is 11.3 Å². The van der Waals surface area contributed by atoms with Gasteiger partial charge in [-0.1, -0.05) is 54.6 Å². The van der Waals surface area contributed by atoms with E-state index in [4.69, 9.17) is 0 Å². The van der Waals surface area contributed by atoms with Crippen molar-refractivity contribution in [3.05, 3.63) is 237 Å². The third-order valence-electron chi connectivity index (χ3n) is 16.9. The number of aromatic nitrogens is 2. The highest BCUT2D eigenvalue weighted by atomic mass is 19.4. The largest absolute Gasteiger partial charge is 0.417 e. The van der Waals surface area contributed by atoms with E-state index >= 15 is 13.2 Å². The lowest BCUT2D eigenvalue weighted by atomic mass is 9.93. The SMILES string of the molecule is N#Cc1cc(-n2c3cc(-c4cc(C(F)(F)F)cc(C(F)(F)F)c4)ccc3c3ccc(-c4cc(C(F)(F)F)cc(C(F)(F)F)c4)cc32)c(-c2ccc(C(F)(F)F)cc2C(F)(F)F)cc1-n1c2cc(-c3cc(C(F)(F)F)cc(C(F)(F)F)c3)ccc2c2ccc(-c3cc(C(F)(F)F)cc(C(F)(F)F)c3)cc21. The second-order valence-electron chi connectivity index (χ2n) is 23.5. The zero-order chi connectivity index (χ0) is 76.3. The van der Waals surface area contributed by atoms with E-state index in [1.807, 2.05) is 0 Å². The average molecular weight is 1490 g/mol. The first-order chi connectivity index (χ1) is 47.8. The van der Waals surface area contributed by atoms with E-state index in [1.54, 1.807) is 6.07 Å². The molecule has 0 bridgehead atoms. The molecular weight excluding hydrogens is 1460 g/mol. The van der Waals surface area contributed by atoms with E-state index < -0.39 is 218 Å². The number of halogens is 30. The van der Waals surface area contributed by atoms with Crippen LogP contribution in [-0.4, -0.2) is 9.13 Å². The summed E-state index contributed by atoms with van der Waals surface area (Å²) in [5.41, 5.74) is -33.7. The molecule has 0 amide bonds. The van der Waals surface area contributed by atoms with Crippen molar-refractivity contribution >= 4 is 43.6 Å². The Balaban J connectivity index is 1.28. The van der Waals surface area contributed by atoms with Gasteiger partial charge >= 0.3 is 61.8 Å². The summed E-state index contributed by atoms with van der Waals surface area (Å²) >= 11 is 0. The predicted octanol–water partition coefficient (Wildman–Crippen LogP) is 26.3. The van der Waals surface area contributed by atoms with Crippen molar-refractivity contribution in [2.24, 2.45) is 0 Å². The van der Waals surface area contributed by atoms with Crippen molar-refractivity contribution in [3.8, 4) is 73.1 Å². The van der Waals surface area contributed by atoms with E-state index in [2.05, 4.69) is 0 Å². The Kier molecular flexibility index (Phi) is 16.9. The number of benzene rings is 10. The van der Waals surface area contributed by atoms with Crippen molar-refractivity contribution in [1.29, 1.82) is 5.26 Å². The molecule has 0 spiro atoms. The van der Waals surface area contributed by atoms with Gasteiger partial charge in [0.2, 0.25) is 0 Å². The summed E-state index contributed by atoms with van der Waals surface area (Å²) in [7, 11) is 0. The highest BCUT2D eigenvalue weighted by molar-refractivity contribution is 6.13. The van der Waals surface area contributed by atoms with Gasteiger partial charge in [0.15, 0.2) is 0 Å². The molecule has 0 fully saturated rings. The van der Waals surface area contributed by atoms with E-state index in [9.17, 15) is 124 Å². The van der Waals surface area contributed by atoms with E-state index in [0.29, 0.717) is 16.7 Å². The lowest BCUT2D eigenvalue weighted by molar-refractivity contribution is -0.144. The normalized spacial score (nSPS) is 13.5. The molecular formula is C71H29F30N3.